The van der Waals surface area contributed by atoms with Crippen molar-refractivity contribution in [3.8, 4) is 0 Å². The fraction of sp³-hybridized carbons (Fsp3) is 0.0455. The van der Waals surface area contributed by atoms with Crippen LogP contribution >= 0.6 is 0 Å². The first kappa shape index (κ1) is 15.0. The Morgan fingerprint density at radius 1 is 0.609 bits per heavy atom. The summed E-state index contributed by atoms with van der Waals surface area (Å²) < 4.78 is 0. The van der Waals surface area contributed by atoms with Gasteiger partial charge in [0.15, 0.2) is 0 Å². The van der Waals surface area contributed by atoms with Gasteiger partial charge in [0.05, 0.1) is 6.54 Å². The van der Waals surface area contributed by atoms with Gasteiger partial charge >= 0.3 is 0 Å². The molecule has 1 nitrogen and oxygen atoms in total. The number of hydrogen-bond acceptors (Lipinski definition) is 1. The van der Waals surface area contributed by atoms with Crippen molar-refractivity contribution in [2.45, 2.75) is 6.54 Å². The molecular weight excluding hydrogens is 278 g/mol. The molecule has 0 unspecified atom stereocenters. The average Bonchev–Trinajstić information content (AvgIpc) is 2.63. The summed E-state index contributed by atoms with van der Waals surface area (Å²) in [6.45, 7) is 0.706. The van der Waals surface area contributed by atoms with E-state index in [1.54, 1.807) is 0 Å². The molecule has 0 amide bonds. The summed E-state index contributed by atoms with van der Waals surface area (Å²) in [5.74, 6) is 0. The number of aliphatic imine (C=N–C) groups is 1. The second kappa shape index (κ2) is 7.90. The molecule has 112 valence electrons. The lowest BCUT2D eigenvalue weighted by Gasteiger charge is -2.01. The molecule has 0 atom stereocenters. The van der Waals surface area contributed by atoms with E-state index in [9.17, 15) is 0 Å². The van der Waals surface area contributed by atoms with Gasteiger partial charge in [-0.2, -0.15) is 0 Å². The third-order valence-electron chi connectivity index (χ3n) is 3.60. The standard InChI is InChI=1S/C22H19N/c1-3-9-19(10-4-1)15-16-21-13-7-8-14-22(21)18-23-17-20-11-5-2-6-12-20/h1-16,18H,17H2/b16-15+,23-18?. The smallest absolute Gasteiger partial charge is 0.0639 e. The summed E-state index contributed by atoms with van der Waals surface area (Å²) in [7, 11) is 0. The van der Waals surface area contributed by atoms with Crippen molar-refractivity contribution in [2.75, 3.05) is 0 Å². The van der Waals surface area contributed by atoms with E-state index >= 15 is 0 Å². The zero-order valence-corrected chi connectivity index (χ0v) is 13.0. The molecule has 0 spiro atoms. The van der Waals surface area contributed by atoms with Gasteiger partial charge in [-0.1, -0.05) is 97.1 Å². The summed E-state index contributed by atoms with van der Waals surface area (Å²) >= 11 is 0. The van der Waals surface area contributed by atoms with Crippen LogP contribution in [0.4, 0.5) is 0 Å². The van der Waals surface area contributed by atoms with Gasteiger partial charge in [-0.3, -0.25) is 4.99 Å². The highest BCUT2D eigenvalue weighted by Gasteiger charge is 1.95. The lowest BCUT2D eigenvalue weighted by atomic mass is 10.1. The molecular formula is C22H19N. The van der Waals surface area contributed by atoms with Crippen molar-refractivity contribution >= 4 is 18.4 Å². The van der Waals surface area contributed by atoms with Crippen molar-refractivity contribution < 1.29 is 0 Å². The maximum atomic E-state index is 4.57. The van der Waals surface area contributed by atoms with Crippen LogP contribution in [0.25, 0.3) is 12.2 Å². The summed E-state index contributed by atoms with van der Waals surface area (Å²) in [5.41, 5.74) is 4.73. The molecule has 0 aliphatic rings. The minimum absolute atomic E-state index is 0.706. The van der Waals surface area contributed by atoms with Gasteiger partial charge in [0, 0.05) is 6.21 Å². The van der Waals surface area contributed by atoms with E-state index in [-0.39, 0.29) is 0 Å². The Bertz CT molecular complexity index is 786. The lowest BCUT2D eigenvalue weighted by molar-refractivity contribution is 1.08. The zero-order valence-electron chi connectivity index (χ0n) is 13.0. The Labute approximate surface area is 137 Å². The third kappa shape index (κ3) is 4.52. The molecule has 3 aromatic carbocycles. The van der Waals surface area contributed by atoms with Crippen molar-refractivity contribution in [1.82, 2.24) is 0 Å². The maximum Gasteiger partial charge on any atom is 0.0639 e. The van der Waals surface area contributed by atoms with Crippen LogP contribution in [0.15, 0.2) is 89.9 Å². The SMILES string of the molecule is C(=NCc1ccccc1)c1ccccc1/C=C/c1ccccc1. The first-order valence-electron chi connectivity index (χ1n) is 7.78. The van der Waals surface area contributed by atoms with Gasteiger partial charge < -0.3 is 0 Å². The molecule has 0 saturated carbocycles. The molecule has 1 heteroatoms. The van der Waals surface area contributed by atoms with Gasteiger partial charge in [0.25, 0.3) is 0 Å². The molecule has 3 rings (SSSR count). The van der Waals surface area contributed by atoms with Crippen LogP contribution in [-0.2, 0) is 6.54 Å². The molecule has 0 saturated heterocycles. The van der Waals surface area contributed by atoms with Crippen LogP contribution in [0.1, 0.15) is 22.3 Å². The van der Waals surface area contributed by atoms with E-state index in [0.717, 1.165) is 5.56 Å². The van der Waals surface area contributed by atoms with Crippen molar-refractivity contribution in [2.24, 2.45) is 4.99 Å². The first-order chi connectivity index (χ1) is 11.4. The quantitative estimate of drug-likeness (QED) is 0.437. The number of hydrogen-bond donors (Lipinski definition) is 0. The fourth-order valence-corrected chi connectivity index (χ4v) is 2.36. The van der Waals surface area contributed by atoms with Gasteiger partial charge in [-0.15, -0.1) is 0 Å². The van der Waals surface area contributed by atoms with Crippen molar-refractivity contribution in [3.05, 3.63) is 107 Å². The molecule has 0 N–H and O–H groups in total. The van der Waals surface area contributed by atoms with Crippen molar-refractivity contribution in [3.63, 3.8) is 0 Å². The highest BCUT2D eigenvalue weighted by Crippen LogP contribution is 2.12. The van der Waals surface area contributed by atoms with E-state index < -0.39 is 0 Å². The van der Waals surface area contributed by atoms with Crippen molar-refractivity contribution in [1.29, 1.82) is 0 Å². The summed E-state index contributed by atoms with van der Waals surface area (Å²) in [6.07, 6.45) is 6.22. The van der Waals surface area contributed by atoms with Crippen LogP contribution < -0.4 is 0 Å². The third-order valence-corrected chi connectivity index (χ3v) is 3.60. The minimum atomic E-state index is 0.706. The van der Waals surface area contributed by atoms with Crippen LogP contribution in [0.3, 0.4) is 0 Å². The lowest BCUT2D eigenvalue weighted by Crippen LogP contribution is -1.88. The molecule has 0 aromatic heterocycles. The Kier molecular flexibility index (Phi) is 5.15. The predicted octanol–water partition coefficient (Wildman–Crippen LogP) is 5.48. The number of nitrogens with zero attached hydrogens (tertiary/aromatic N) is 1. The Morgan fingerprint density at radius 2 is 1.22 bits per heavy atom. The zero-order chi connectivity index (χ0) is 15.7. The van der Waals surface area contributed by atoms with E-state index in [4.69, 9.17) is 0 Å². The molecule has 0 bridgehead atoms. The second-order valence-electron chi connectivity index (χ2n) is 5.33. The maximum absolute atomic E-state index is 4.57. The Morgan fingerprint density at radius 3 is 1.96 bits per heavy atom. The number of benzene rings is 3. The van der Waals surface area contributed by atoms with Gasteiger partial charge in [-0.25, -0.2) is 0 Å². The Hall–Kier alpha value is -2.93. The first-order valence-corrected chi connectivity index (χ1v) is 7.78. The molecule has 0 heterocycles. The number of rotatable bonds is 5. The fourth-order valence-electron chi connectivity index (χ4n) is 2.36. The van der Waals surface area contributed by atoms with E-state index in [0.29, 0.717) is 6.54 Å². The normalized spacial score (nSPS) is 11.3. The largest absolute Gasteiger partial charge is 0.288 e. The Balaban J connectivity index is 1.74. The molecule has 0 fully saturated rings. The monoisotopic (exact) mass is 297 g/mol. The summed E-state index contributed by atoms with van der Waals surface area (Å²) in [5, 5.41) is 0. The topological polar surface area (TPSA) is 12.4 Å². The summed E-state index contributed by atoms with van der Waals surface area (Å²) in [4.78, 5) is 4.57. The van der Waals surface area contributed by atoms with E-state index in [1.165, 1.54) is 16.7 Å². The molecule has 3 aromatic rings. The minimum Gasteiger partial charge on any atom is -0.288 e. The molecule has 0 radical (unpaired) electrons. The molecule has 23 heavy (non-hydrogen) atoms. The summed E-state index contributed by atoms with van der Waals surface area (Å²) in [6, 6.07) is 28.9. The predicted molar refractivity (Wildman–Crippen MR) is 99.6 cm³/mol. The van der Waals surface area contributed by atoms with Gasteiger partial charge in [-0.05, 0) is 22.3 Å². The molecule has 0 aliphatic heterocycles. The van der Waals surface area contributed by atoms with Gasteiger partial charge in [0.1, 0.15) is 0 Å². The van der Waals surface area contributed by atoms with Crippen LogP contribution in [-0.4, -0.2) is 6.21 Å². The van der Waals surface area contributed by atoms with E-state index in [2.05, 4.69) is 59.6 Å². The van der Waals surface area contributed by atoms with E-state index in [1.807, 2.05) is 48.7 Å². The van der Waals surface area contributed by atoms with Crippen LogP contribution in [0, 0.1) is 0 Å². The molecule has 0 aliphatic carbocycles. The van der Waals surface area contributed by atoms with Crippen LogP contribution in [0.2, 0.25) is 0 Å². The van der Waals surface area contributed by atoms with Gasteiger partial charge in [0.2, 0.25) is 0 Å². The highest BCUT2D eigenvalue weighted by atomic mass is 14.7. The highest BCUT2D eigenvalue weighted by molar-refractivity contribution is 5.87. The average molecular weight is 297 g/mol. The van der Waals surface area contributed by atoms with Crippen LogP contribution in [0.5, 0.6) is 0 Å². The second-order valence-corrected chi connectivity index (χ2v) is 5.33.